The van der Waals surface area contributed by atoms with Crippen LogP contribution in [0, 0.1) is 17.8 Å². The molecule has 2 saturated heterocycles. The molecule has 1 N–H and O–H groups in total. The van der Waals surface area contributed by atoms with E-state index in [1.807, 2.05) is 12.4 Å². The smallest absolute Gasteiger partial charge is 0.407 e. The molecular formula is C37H47N5O2S. The fraction of sp³-hybridized carbons (Fsp3) is 0.514. The largest absolute Gasteiger partial charge is 0.446 e. The lowest BCUT2D eigenvalue weighted by molar-refractivity contribution is -0.0106. The molecule has 45 heavy (non-hydrogen) atoms. The van der Waals surface area contributed by atoms with Crippen molar-refractivity contribution in [2.45, 2.75) is 60.0 Å². The molecule has 0 bridgehead atoms. The van der Waals surface area contributed by atoms with Crippen molar-refractivity contribution in [3.8, 4) is 0 Å². The van der Waals surface area contributed by atoms with Gasteiger partial charge in [-0.15, -0.1) is 0 Å². The molecule has 238 valence electrons. The van der Waals surface area contributed by atoms with Crippen molar-refractivity contribution in [2.24, 2.45) is 17.8 Å². The van der Waals surface area contributed by atoms with Crippen LogP contribution in [0.3, 0.4) is 0 Å². The lowest BCUT2D eigenvalue weighted by atomic mass is 9.56. The van der Waals surface area contributed by atoms with E-state index in [1.54, 1.807) is 18.8 Å². The fourth-order valence-corrected chi connectivity index (χ4v) is 9.77. The molecule has 4 heterocycles. The number of alkyl carbamates (subject to hydrolysis) is 1. The van der Waals surface area contributed by atoms with Crippen LogP contribution in [0.1, 0.15) is 43.2 Å². The van der Waals surface area contributed by atoms with Gasteiger partial charge >= 0.3 is 6.09 Å². The van der Waals surface area contributed by atoms with Crippen LogP contribution in [0.25, 0.3) is 0 Å². The topological polar surface area (TPSA) is 60.9 Å². The SMILES string of the molecule is CNC(=O)O[C@H]1CCC[C@@H]1C1(C2CCN(CC3CN(c4ccc(Sc5ccncc5)cc4)C3)CC2)CN(C)Cc2ccccc21. The molecule has 1 aliphatic carbocycles. The number of hydrogen-bond acceptors (Lipinski definition) is 7. The number of nitrogens with one attached hydrogen (secondary N) is 1. The molecule has 0 radical (unpaired) electrons. The maximum Gasteiger partial charge on any atom is 0.407 e. The van der Waals surface area contributed by atoms with Crippen LogP contribution in [0.4, 0.5) is 10.5 Å². The van der Waals surface area contributed by atoms with E-state index in [1.165, 1.54) is 46.0 Å². The second-order valence-corrected chi connectivity index (χ2v) is 14.9. The lowest BCUT2D eigenvalue weighted by Gasteiger charge is -2.54. The van der Waals surface area contributed by atoms with Gasteiger partial charge in [0.05, 0.1) is 0 Å². The zero-order chi connectivity index (χ0) is 30.8. The number of carbonyl (C=O) groups is 1. The van der Waals surface area contributed by atoms with Gasteiger partial charge in [0.25, 0.3) is 0 Å². The summed E-state index contributed by atoms with van der Waals surface area (Å²) in [6.45, 7) is 7.82. The third kappa shape index (κ3) is 6.34. The first-order valence-electron chi connectivity index (χ1n) is 16.8. The number of benzene rings is 2. The zero-order valence-corrected chi connectivity index (χ0v) is 27.6. The van der Waals surface area contributed by atoms with Crippen LogP contribution in [-0.2, 0) is 16.7 Å². The summed E-state index contributed by atoms with van der Waals surface area (Å²) >= 11 is 1.78. The molecule has 0 spiro atoms. The van der Waals surface area contributed by atoms with Crippen molar-refractivity contribution in [2.75, 3.05) is 58.3 Å². The van der Waals surface area contributed by atoms with Gasteiger partial charge in [-0.2, -0.15) is 0 Å². The minimum atomic E-state index is -0.288. The van der Waals surface area contributed by atoms with Gasteiger partial charge < -0.3 is 24.8 Å². The Kier molecular flexibility index (Phi) is 9.07. The quantitative estimate of drug-likeness (QED) is 0.316. The Hall–Kier alpha value is -3.07. The number of likely N-dealkylation sites (tertiary alicyclic amines) is 1. The van der Waals surface area contributed by atoms with E-state index in [2.05, 4.69) is 92.7 Å². The summed E-state index contributed by atoms with van der Waals surface area (Å²) in [6, 6.07) is 22.3. The summed E-state index contributed by atoms with van der Waals surface area (Å²) in [4.78, 5) is 26.8. The van der Waals surface area contributed by atoms with Gasteiger partial charge in [0.1, 0.15) is 6.10 Å². The molecule has 2 aromatic carbocycles. The first-order valence-corrected chi connectivity index (χ1v) is 17.6. The van der Waals surface area contributed by atoms with Crippen LogP contribution in [0.15, 0.2) is 82.8 Å². The van der Waals surface area contributed by atoms with Gasteiger partial charge in [-0.25, -0.2) is 4.79 Å². The highest BCUT2D eigenvalue weighted by atomic mass is 32.2. The minimum absolute atomic E-state index is 0.0139. The summed E-state index contributed by atoms with van der Waals surface area (Å²) in [7, 11) is 3.95. The molecule has 3 aliphatic heterocycles. The Labute approximate surface area is 272 Å². The van der Waals surface area contributed by atoms with Gasteiger partial charge in [-0.3, -0.25) is 4.98 Å². The predicted octanol–water partition coefficient (Wildman–Crippen LogP) is 6.29. The van der Waals surface area contributed by atoms with Crippen molar-refractivity contribution in [3.05, 3.63) is 84.2 Å². The number of nitrogens with zero attached hydrogens (tertiary/aromatic N) is 4. The molecule has 7 rings (SSSR count). The summed E-state index contributed by atoms with van der Waals surface area (Å²) in [6.07, 6.45) is 9.03. The Bertz CT molecular complexity index is 1440. The predicted molar refractivity (Wildman–Crippen MR) is 181 cm³/mol. The fourth-order valence-electron chi connectivity index (χ4n) is 8.97. The van der Waals surface area contributed by atoms with Crippen LogP contribution in [0.5, 0.6) is 0 Å². The number of amides is 1. The number of rotatable bonds is 8. The second kappa shape index (κ2) is 13.3. The molecule has 1 saturated carbocycles. The molecule has 3 aromatic rings. The van der Waals surface area contributed by atoms with Gasteiger partial charge in [0, 0.05) is 84.9 Å². The van der Waals surface area contributed by atoms with E-state index in [4.69, 9.17) is 4.74 Å². The van der Waals surface area contributed by atoms with Crippen molar-refractivity contribution >= 4 is 23.5 Å². The van der Waals surface area contributed by atoms with Gasteiger partial charge in [0.2, 0.25) is 0 Å². The van der Waals surface area contributed by atoms with Crippen LogP contribution < -0.4 is 10.2 Å². The molecule has 1 amide bonds. The molecule has 8 heteroatoms. The van der Waals surface area contributed by atoms with Crippen molar-refractivity contribution in [1.82, 2.24) is 20.1 Å². The summed E-state index contributed by atoms with van der Waals surface area (Å²) < 4.78 is 6.08. The van der Waals surface area contributed by atoms with Crippen molar-refractivity contribution < 1.29 is 9.53 Å². The van der Waals surface area contributed by atoms with Crippen molar-refractivity contribution in [3.63, 3.8) is 0 Å². The first kappa shape index (κ1) is 30.6. The number of fused-ring (bicyclic) bond motifs is 1. The van der Waals surface area contributed by atoms with E-state index in [-0.39, 0.29) is 17.6 Å². The highest BCUT2D eigenvalue weighted by Crippen LogP contribution is 2.54. The van der Waals surface area contributed by atoms with E-state index < -0.39 is 0 Å². The van der Waals surface area contributed by atoms with E-state index >= 15 is 0 Å². The number of ether oxygens (including phenoxy) is 1. The lowest BCUT2D eigenvalue weighted by Crippen LogP contribution is -2.58. The number of likely N-dealkylation sites (N-methyl/N-ethyl adjacent to an activating group) is 1. The van der Waals surface area contributed by atoms with Crippen LogP contribution in [-0.4, -0.2) is 80.3 Å². The molecule has 3 atom stereocenters. The Morgan fingerprint density at radius 3 is 2.47 bits per heavy atom. The molecule has 1 aromatic heterocycles. The molecule has 3 fully saturated rings. The van der Waals surface area contributed by atoms with Gasteiger partial charge in [0.15, 0.2) is 0 Å². The summed E-state index contributed by atoms with van der Waals surface area (Å²) in [5.41, 5.74) is 4.33. The Balaban J connectivity index is 0.987. The minimum Gasteiger partial charge on any atom is -0.446 e. The number of piperidine rings is 1. The number of hydrogen-bond donors (Lipinski definition) is 1. The third-order valence-corrected chi connectivity index (χ3v) is 12.0. The van der Waals surface area contributed by atoms with Gasteiger partial charge in [-0.1, -0.05) is 36.0 Å². The maximum atomic E-state index is 12.4. The van der Waals surface area contributed by atoms with Crippen molar-refractivity contribution in [1.29, 1.82) is 0 Å². The third-order valence-electron chi connectivity index (χ3n) is 10.9. The molecule has 1 unspecified atom stereocenters. The van der Waals surface area contributed by atoms with E-state index in [9.17, 15) is 4.79 Å². The van der Waals surface area contributed by atoms with Crippen LogP contribution in [0.2, 0.25) is 0 Å². The standard InChI is InChI=1S/C37H47N5O2S/c1-38-36(43)44-35-9-5-8-34(35)37(26-40(2)25-28-6-3-4-7-33(28)37)29-16-20-41(21-17-29)22-27-23-42(24-27)30-10-12-31(13-11-30)45-32-14-18-39-19-15-32/h3-4,6-7,10-15,18-19,27,29,34-35H,5,8-9,16-17,20-26H2,1-2H3,(H,38,43)/t34-,35-,37?/m0/s1. The summed E-state index contributed by atoms with van der Waals surface area (Å²) in [5, 5.41) is 2.71. The average molecular weight is 626 g/mol. The van der Waals surface area contributed by atoms with E-state index in [0.29, 0.717) is 11.8 Å². The molecular weight excluding hydrogens is 579 g/mol. The molecule has 4 aliphatic rings. The highest BCUT2D eigenvalue weighted by Gasteiger charge is 2.55. The number of aromatic nitrogens is 1. The Morgan fingerprint density at radius 1 is 0.978 bits per heavy atom. The normalized spacial score (nSPS) is 26.3. The average Bonchev–Trinajstić information content (AvgIpc) is 3.52. The monoisotopic (exact) mass is 625 g/mol. The van der Waals surface area contributed by atoms with Crippen LogP contribution >= 0.6 is 11.8 Å². The van der Waals surface area contributed by atoms with E-state index in [0.717, 1.165) is 64.4 Å². The number of anilines is 1. The number of carbonyl (C=O) groups excluding carboxylic acids is 1. The number of pyridine rings is 1. The second-order valence-electron chi connectivity index (χ2n) is 13.7. The van der Waals surface area contributed by atoms with Gasteiger partial charge in [-0.05, 0) is 106 Å². The maximum absolute atomic E-state index is 12.4. The first-order chi connectivity index (χ1) is 22.0. The highest BCUT2D eigenvalue weighted by molar-refractivity contribution is 7.99. The Morgan fingerprint density at radius 2 is 1.71 bits per heavy atom. The molecule has 7 nitrogen and oxygen atoms in total. The zero-order valence-electron chi connectivity index (χ0n) is 26.7. The summed E-state index contributed by atoms with van der Waals surface area (Å²) in [5.74, 6) is 1.66.